The summed E-state index contributed by atoms with van der Waals surface area (Å²) in [6, 6.07) is 11.5. The van der Waals surface area contributed by atoms with Crippen LogP contribution in [0.2, 0.25) is 0 Å². The molecule has 0 aliphatic carbocycles. The molecule has 150 valence electrons. The van der Waals surface area contributed by atoms with Crippen molar-refractivity contribution in [3.63, 3.8) is 0 Å². The molecule has 0 bridgehead atoms. The number of carbonyl (C=O) groups is 1. The van der Waals surface area contributed by atoms with Gasteiger partial charge in [-0.15, -0.1) is 0 Å². The van der Waals surface area contributed by atoms with Gasteiger partial charge < -0.3 is 14.8 Å². The molecule has 1 amide bonds. The molecule has 0 spiro atoms. The summed E-state index contributed by atoms with van der Waals surface area (Å²) in [5.41, 5.74) is 9.31. The van der Waals surface area contributed by atoms with Crippen LogP contribution in [0, 0.1) is 13.8 Å². The predicted octanol–water partition coefficient (Wildman–Crippen LogP) is 3.66. The molecular weight excluding hydrogens is 374 g/mol. The van der Waals surface area contributed by atoms with Crippen molar-refractivity contribution in [1.29, 1.82) is 0 Å². The molecule has 0 saturated heterocycles. The summed E-state index contributed by atoms with van der Waals surface area (Å²) in [5, 5.41) is 3.39. The summed E-state index contributed by atoms with van der Waals surface area (Å²) in [6.45, 7) is 8.93. The number of benzene rings is 2. The summed E-state index contributed by atoms with van der Waals surface area (Å²) < 4.78 is 11.1. The fourth-order valence-corrected chi connectivity index (χ4v) is 2.83. The molecule has 0 aliphatic heterocycles. The van der Waals surface area contributed by atoms with E-state index in [0.717, 1.165) is 16.8 Å². The van der Waals surface area contributed by atoms with Gasteiger partial charge in [0.1, 0.15) is 0 Å². The van der Waals surface area contributed by atoms with Gasteiger partial charge in [-0.3, -0.25) is 15.6 Å². The van der Waals surface area contributed by atoms with Gasteiger partial charge in [-0.05, 0) is 69.2 Å². The lowest BCUT2D eigenvalue weighted by Crippen LogP contribution is -2.44. The standard InChI is InChI=1S/C21H27N3O3S/c1-5-26-18-10-8-16(12-19(18)27-6-2)13-20(25)23-24-21(28)22-17-9-7-14(3)11-15(17)4/h7-12H,5-6,13H2,1-4H3,(H,23,25)(H2,22,24,28). The van der Waals surface area contributed by atoms with Crippen LogP contribution in [0.1, 0.15) is 30.5 Å². The van der Waals surface area contributed by atoms with E-state index in [1.807, 2.05) is 58.0 Å². The summed E-state index contributed by atoms with van der Waals surface area (Å²) in [6.07, 6.45) is 0.186. The minimum Gasteiger partial charge on any atom is -0.490 e. The maximum absolute atomic E-state index is 12.2. The normalized spacial score (nSPS) is 10.1. The number of nitrogens with one attached hydrogen (secondary N) is 3. The topological polar surface area (TPSA) is 71.6 Å². The second-order valence-electron chi connectivity index (χ2n) is 6.27. The fourth-order valence-electron chi connectivity index (χ4n) is 2.67. The van der Waals surface area contributed by atoms with Crippen molar-refractivity contribution in [2.24, 2.45) is 0 Å². The summed E-state index contributed by atoms with van der Waals surface area (Å²) >= 11 is 5.24. The lowest BCUT2D eigenvalue weighted by Gasteiger charge is -2.14. The van der Waals surface area contributed by atoms with Crippen LogP contribution >= 0.6 is 12.2 Å². The van der Waals surface area contributed by atoms with Crippen LogP contribution < -0.4 is 25.6 Å². The molecule has 2 rings (SSSR count). The van der Waals surface area contributed by atoms with Gasteiger partial charge in [0.25, 0.3) is 0 Å². The molecule has 2 aromatic carbocycles. The predicted molar refractivity (Wildman–Crippen MR) is 116 cm³/mol. The van der Waals surface area contributed by atoms with Crippen LogP contribution in [-0.4, -0.2) is 24.2 Å². The molecular formula is C21H27N3O3S. The van der Waals surface area contributed by atoms with Gasteiger partial charge >= 0.3 is 0 Å². The van der Waals surface area contributed by atoms with Crippen LogP contribution in [0.5, 0.6) is 11.5 Å². The van der Waals surface area contributed by atoms with Gasteiger partial charge in [-0.25, -0.2) is 0 Å². The Bertz CT molecular complexity index is 840. The number of hydrogen-bond donors (Lipinski definition) is 3. The summed E-state index contributed by atoms with van der Waals surface area (Å²) in [5.74, 6) is 1.09. The Kier molecular flexibility index (Phi) is 8.07. The van der Waals surface area contributed by atoms with Crippen molar-refractivity contribution in [3.05, 3.63) is 53.1 Å². The van der Waals surface area contributed by atoms with Crippen molar-refractivity contribution in [2.75, 3.05) is 18.5 Å². The van der Waals surface area contributed by atoms with Gasteiger partial charge in [-0.2, -0.15) is 0 Å². The molecule has 0 saturated carbocycles. The van der Waals surface area contributed by atoms with E-state index in [1.165, 1.54) is 5.56 Å². The number of carbonyl (C=O) groups excluding carboxylic acids is 1. The Morgan fingerprint density at radius 1 is 0.964 bits per heavy atom. The third-order valence-corrected chi connectivity index (χ3v) is 4.12. The van der Waals surface area contributed by atoms with Gasteiger partial charge in [0, 0.05) is 5.69 Å². The highest BCUT2D eigenvalue weighted by Gasteiger charge is 2.10. The smallest absolute Gasteiger partial charge is 0.242 e. The number of hydrogen-bond acceptors (Lipinski definition) is 4. The first-order valence-corrected chi connectivity index (χ1v) is 9.65. The number of ether oxygens (including phenoxy) is 2. The Hall–Kier alpha value is -2.80. The van der Waals surface area contributed by atoms with E-state index < -0.39 is 0 Å². The van der Waals surface area contributed by atoms with Crippen LogP contribution in [0.4, 0.5) is 5.69 Å². The van der Waals surface area contributed by atoms with Gasteiger partial charge in [0.05, 0.1) is 19.6 Å². The molecule has 0 aromatic heterocycles. The first kappa shape index (κ1) is 21.5. The highest BCUT2D eigenvalue weighted by Crippen LogP contribution is 2.28. The van der Waals surface area contributed by atoms with Crippen molar-refractivity contribution in [1.82, 2.24) is 10.9 Å². The van der Waals surface area contributed by atoms with Crippen molar-refractivity contribution >= 4 is 28.9 Å². The number of anilines is 1. The minimum absolute atomic E-state index is 0.186. The van der Waals surface area contributed by atoms with Crippen LogP contribution in [0.25, 0.3) is 0 Å². The first-order valence-electron chi connectivity index (χ1n) is 9.24. The summed E-state index contributed by atoms with van der Waals surface area (Å²) in [7, 11) is 0. The van der Waals surface area contributed by atoms with E-state index in [2.05, 4.69) is 22.2 Å². The molecule has 6 nitrogen and oxygen atoms in total. The van der Waals surface area contributed by atoms with E-state index in [-0.39, 0.29) is 12.3 Å². The minimum atomic E-state index is -0.212. The first-order chi connectivity index (χ1) is 13.4. The molecule has 0 radical (unpaired) electrons. The second-order valence-corrected chi connectivity index (χ2v) is 6.68. The quantitative estimate of drug-likeness (QED) is 0.486. The third-order valence-electron chi connectivity index (χ3n) is 3.92. The number of aryl methyl sites for hydroxylation is 2. The van der Waals surface area contributed by atoms with Gasteiger partial charge in [-0.1, -0.05) is 23.8 Å². The Morgan fingerprint density at radius 3 is 2.36 bits per heavy atom. The third kappa shape index (κ3) is 6.42. The molecule has 7 heteroatoms. The average molecular weight is 402 g/mol. The maximum Gasteiger partial charge on any atom is 0.242 e. The highest BCUT2D eigenvalue weighted by molar-refractivity contribution is 7.80. The van der Waals surface area contributed by atoms with Gasteiger partial charge in [0.2, 0.25) is 5.91 Å². The summed E-state index contributed by atoms with van der Waals surface area (Å²) in [4.78, 5) is 12.2. The van der Waals surface area contributed by atoms with Gasteiger partial charge in [0.15, 0.2) is 16.6 Å². The zero-order valence-electron chi connectivity index (χ0n) is 16.7. The molecule has 0 atom stereocenters. The van der Waals surface area contributed by atoms with E-state index >= 15 is 0 Å². The molecule has 0 fully saturated rings. The molecule has 2 aromatic rings. The van der Waals surface area contributed by atoms with Crippen LogP contribution in [0.3, 0.4) is 0 Å². The largest absolute Gasteiger partial charge is 0.490 e. The Labute approximate surface area is 171 Å². The monoisotopic (exact) mass is 401 g/mol. The Morgan fingerprint density at radius 2 is 1.68 bits per heavy atom. The van der Waals surface area contributed by atoms with E-state index in [1.54, 1.807) is 0 Å². The molecule has 0 aliphatic rings. The molecule has 28 heavy (non-hydrogen) atoms. The molecule has 0 heterocycles. The molecule has 0 unspecified atom stereocenters. The van der Waals surface area contributed by atoms with E-state index in [0.29, 0.717) is 29.8 Å². The fraction of sp³-hybridized carbons (Fsp3) is 0.333. The zero-order valence-corrected chi connectivity index (χ0v) is 17.5. The number of rotatable bonds is 7. The lowest BCUT2D eigenvalue weighted by atomic mass is 10.1. The number of thiocarbonyl (C=S) groups is 1. The highest BCUT2D eigenvalue weighted by atomic mass is 32.1. The van der Waals surface area contributed by atoms with E-state index in [9.17, 15) is 4.79 Å². The average Bonchev–Trinajstić information content (AvgIpc) is 2.65. The van der Waals surface area contributed by atoms with E-state index in [4.69, 9.17) is 21.7 Å². The van der Waals surface area contributed by atoms with Crippen molar-refractivity contribution in [2.45, 2.75) is 34.1 Å². The van der Waals surface area contributed by atoms with Crippen molar-refractivity contribution in [3.8, 4) is 11.5 Å². The Balaban J connectivity index is 1.89. The lowest BCUT2D eigenvalue weighted by molar-refractivity contribution is -0.120. The number of amides is 1. The zero-order chi connectivity index (χ0) is 20.5. The van der Waals surface area contributed by atoms with Crippen LogP contribution in [-0.2, 0) is 11.2 Å². The second kappa shape index (κ2) is 10.5. The SMILES string of the molecule is CCOc1ccc(CC(=O)NNC(=S)Nc2ccc(C)cc2C)cc1OCC. The van der Waals surface area contributed by atoms with Crippen LogP contribution in [0.15, 0.2) is 36.4 Å². The maximum atomic E-state index is 12.2. The van der Waals surface area contributed by atoms with Crippen molar-refractivity contribution < 1.29 is 14.3 Å². The molecule has 3 N–H and O–H groups in total. The number of hydrazine groups is 1.